The molecular formula is C20H23NO2. The zero-order valence-electron chi connectivity index (χ0n) is 13.9. The molecule has 2 aromatic carbocycles. The van der Waals surface area contributed by atoms with Crippen LogP contribution in [-0.2, 0) is 4.79 Å². The zero-order valence-corrected chi connectivity index (χ0v) is 13.9. The molecular weight excluding hydrogens is 286 g/mol. The van der Waals surface area contributed by atoms with Gasteiger partial charge in [-0.25, -0.2) is 0 Å². The molecule has 0 aliphatic carbocycles. The van der Waals surface area contributed by atoms with Crippen LogP contribution >= 0.6 is 0 Å². The Kier molecular flexibility index (Phi) is 5.69. The van der Waals surface area contributed by atoms with E-state index >= 15 is 0 Å². The molecule has 0 aliphatic rings. The van der Waals surface area contributed by atoms with Crippen molar-refractivity contribution >= 4 is 17.4 Å². The van der Waals surface area contributed by atoms with E-state index in [9.17, 15) is 9.59 Å². The lowest BCUT2D eigenvalue weighted by Crippen LogP contribution is -2.13. The van der Waals surface area contributed by atoms with Crippen LogP contribution in [0.1, 0.15) is 54.1 Å². The number of carbonyl (C=O) groups is 2. The van der Waals surface area contributed by atoms with Crippen LogP contribution in [0.5, 0.6) is 0 Å². The number of hydrogen-bond donors (Lipinski definition) is 1. The summed E-state index contributed by atoms with van der Waals surface area (Å²) in [5.41, 5.74) is 3.77. The number of ketones is 1. The average molecular weight is 309 g/mol. The maximum Gasteiger partial charge on any atom is 0.224 e. The third-order valence-corrected chi connectivity index (χ3v) is 3.81. The van der Waals surface area contributed by atoms with Crippen LogP contribution in [0.3, 0.4) is 0 Å². The number of hydrogen-bond acceptors (Lipinski definition) is 2. The van der Waals surface area contributed by atoms with Crippen LogP contribution in [0.2, 0.25) is 0 Å². The van der Waals surface area contributed by atoms with Gasteiger partial charge in [-0.1, -0.05) is 55.8 Å². The Bertz CT molecular complexity index is 670. The molecule has 2 rings (SSSR count). The van der Waals surface area contributed by atoms with Crippen LogP contribution in [0, 0.1) is 6.92 Å². The number of Topliss-reactive ketones (excluding diaryl/α,β-unsaturated/α-hetero) is 1. The molecule has 1 amide bonds. The van der Waals surface area contributed by atoms with E-state index in [-0.39, 0.29) is 24.5 Å². The fraction of sp³-hybridized carbons (Fsp3) is 0.300. The molecule has 0 saturated carbocycles. The SMILES string of the molecule is Cc1ccc(NC(=O)CCC(=O)c2ccc(C(C)C)cc2)cc1. The van der Waals surface area contributed by atoms with E-state index in [2.05, 4.69) is 19.2 Å². The van der Waals surface area contributed by atoms with E-state index in [4.69, 9.17) is 0 Å². The minimum Gasteiger partial charge on any atom is -0.326 e. The summed E-state index contributed by atoms with van der Waals surface area (Å²) in [5, 5.41) is 2.81. The third-order valence-electron chi connectivity index (χ3n) is 3.81. The van der Waals surface area contributed by atoms with Crippen LogP contribution in [0.4, 0.5) is 5.69 Å². The molecule has 0 unspecified atom stereocenters. The molecule has 23 heavy (non-hydrogen) atoms. The van der Waals surface area contributed by atoms with E-state index in [0.717, 1.165) is 11.3 Å². The highest BCUT2D eigenvalue weighted by molar-refractivity contribution is 6.00. The summed E-state index contributed by atoms with van der Waals surface area (Å²) in [6.45, 7) is 6.23. The molecule has 0 spiro atoms. The van der Waals surface area contributed by atoms with Gasteiger partial charge in [0, 0.05) is 24.1 Å². The number of aryl methyl sites for hydroxylation is 1. The van der Waals surface area contributed by atoms with Gasteiger partial charge in [-0.2, -0.15) is 0 Å². The highest BCUT2D eigenvalue weighted by Crippen LogP contribution is 2.16. The minimum atomic E-state index is -0.138. The summed E-state index contributed by atoms with van der Waals surface area (Å²) in [4.78, 5) is 24.1. The number of benzene rings is 2. The van der Waals surface area contributed by atoms with Crippen LogP contribution in [-0.4, -0.2) is 11.7 Å². The fourth-order valence-electron chi connectivity index (χ4n) is 2.29. The normalized spacial score (nSPS) is 10.6. The van der Waals surface area contributed by atoms with E-state index in [1.54, 1.807) is 0 Å². The molecule has 0 fully saturated rings. The molecule has 2 aromatic rings. The monoisotopic (exact) mass is 309 g/mol. The molecule has 0 radical (unpaired) electrons. The molecule has 3 heteroatoms. The molecule has 0 heterocycles. The second kappa shape index (κ2) is 7.73. The first-order chi connectivity index (χ1) is 11.0. The predicted octanol–water partition coefficient (Wildman–Crippen LogP) is 4.72. The maximum atomic E-state index is 12.1. The van der Waals surface area contributed by atoms with Crippen molar-refractivity contribution in [3.63, 3.8) is 0 Å². The van der Waals surface area contributed by atoms with Crippen molar-refractivity contribution in [2.24, 2.45) is 0 Å². The van der Waals surface area contributed by atoms with Gasteiger partial charge in [0.2, 0.25) is 5.91 Å². The predicted molar refractivity (Wildman–Crippen MR) is 93.9 cm³/mol. The van der Waals surface area contributed by atoms with Gasteiger partial charge in [0.1, 0.15) is 0 Å². The standard InChI is InChI=1S/C20H23NO2/c1-14(2)16-6-8-17(9-7-16)19(22)12-13-20(23)21-18-10-4-15(3)5-11-18/h4-11,14H,12-13H2,1-3H3,(H,21,23). The Labute approximate surface area is 137 Å². The summed E-state index contributed by atoms with van der Waals surface area (Å²) in [6, 6.07) is 15.2. The molecule has 120 valence electrons. The van der Waals surface area contributed by atoms with Gasteiger partial charge in [0.25, 0.3) is 0 Å². The van der Waals surface area contributed by atoms with E-state index < -0.39 is 0 Å². The molecule has 3 nitrogen and oxygen atoms in total. The van der Waals surface area contributed by atoms with E-state index in [1.165, 1.54) is 5.56 Å². The lowest BCUT2D eigenvalue weighted by Gasteiger charge is -2.07. The molecule has 1 N–H and O–H groups in total. The lowest BCUT2D eigenvalue weighted by molar-refractivity contribution is -0.116. The third kappa shape index (κ3) is 5.06. The van der Waals surface area contributed by atoms with E-state index in [1.807, 2.05) is 55.5 Å². The topological polar surface area (TPSA) is 46.2 Å². The zero-order chi connectivity index (χ0) is 16.8. The Hall–Kier alpha value is -2.42. The van der Waals surface area contributed by atoms with E-state index in [0.29, 0.717) is 11.5 Å². The van der Waals surface area contributed by atoms with Crippen LogP contribution < -0.4 is 5.32 Å². The summed E-state index contributed by atoms with van der Waals surface area (Å²) in [7, 11) is 0. The smallest absolute Gasteiger partial charge is 0.224 e. The average Bonchev–Trinajstić information content (AvgIpc) is 2.55. The molecule has 0 bridgehead atoms. The van der Waals surface area contributed by atoms with Gasteiger partial charge in [0.15, 0.2) is 5.78 Å². The van der Waals surface area contributed by atoms with Crippen molar-refractivity contribution in [1.29, 1.82) is 0 Å². The van der Waals surface area contributed by atoms with Crippen LogP contribution in [0.25, 0.3) is 0 Å². The Morgan fingerprint density at radius 1 is 0.913 bits per heavy atom. The number of anilines is 1. The first-order valence-electron chi connectivity index (χ1n) is 7.95. The van der Waals surface area contributed by atoms with Gasteiger partial charge in [0.05, 0.1) is 0 Å². The Morgan fingerprint density at radius 2 is 1.52 bits per heavy atom. The number of nitrogens with one attached hydrogen (secondary N) is 1. The molecule has 0 atom stereocenters. The van der Waals surface area contributed by atoms with Crippen molar-refractivity contribution < 1.29 is 9.59 Å². The highest BCUT2D eigenvalue weighted by Gasteiger charge is 2.10. The number of rotatable bonds is 6. The van der Waals surface area contributed by atoms with Gasteiger partial charge in [-0.15, -0.1) is 0 Å². The number of carbonyl (C=O) groups excluding carboxylic acids is 2. The Morgan fingerprint density at radius 3 is 2.09 bits per heavy atom. The van der Waals surface area contributed by atoms with Gasteiger partial charge < -0.3 is 5.32 Å². The van der Waals surface area contributed by atoms with Gasteiger partial charge >= 0.3 is 0 Å². The summed E-state index contributed by atoms with van der Waals surface area (Å²) in [6.07, 6.45) is 0.414. The fourth-order valence-corrected chi connectivity index (χ4v) is 2.29. The van der Waals surface area contributed by atoms with Crippen molar-refractivity contribution in [3.05, 3.63) is 65.2 Å². The van der Waals surface area contributed by atoms with Crippen LogP contribution in [0.15, 0.2) is 48.5 Å². The maximum absolute atomic E-state index is 12.1. The first-order valence-corrected chi connectivity index (χ1v) is 7.95. The molecule has 0 saturated heterocycles. The first kappa shape index (κ1) is 16.9. The largest absolute Gasteiger partial charge is 0.326 e. The van der Waals surface area contributed by atoms with Gasteiger partial charge in [-0.3, -0.25) is 9.59 Å². The molecule has 0 aromatic heterocycles. The van der Waals surface area contributed by atoms with Crippen molar-refractivity contribution in [2.75, 3.05) is 5.32 Å². The Balaban J connectivity index is 1.85. The summed E-state index contributed by atoms with van der Waals surface area (Å²) >= 11 is 0. The summed E-state index contributed by atoms with van der Waals surface area (Å²) in [5.74, 6) is 0.305. The minimum absolute atomic E-state index is 0.000591. The van der Waals surface area contributed by atoms with Crippen molar-refractivity contribution in [2.45, 2.75) is 39.5 Å². The van der Waals surface area contributed by atoms with Crippen molar-refractivity contribution in [1.82, 2.24) is 0 Å². The van der Waals surface area contributed by atoms with Crippen molar-refractivity contribution in [3.8, 4) is 0 Å². The summed E-state index contributed by atoms with van der Waals surface area (Å²) < 4.78 is 0. The lowest BCUT2D eigenvalue weighted by atomic mass is 9.99. The second-order valence-corrected chi connectivity index (χ2v) is 6.11. The molecule has 0 aliphatic heterocycles. The van der Waals surface area contributed by atoms with Gasteiger partial charge in [-0.05, 0) is 30.5 Å². The highest BCUT2D eigenvalue weighted by atomic mass is 16.2. The quantitative estimate of drug-likeness (QED) is 0.785. The second-order valence-electron chi connectivity index (χ2n) is 6.11. The number of amides is 1.